The van der Waals surface area contributed by atoms with Crippen LogP contribution in [0.3, 0.4) is 0 Å². The van der Waals surface area contributed by atoms with Crippen molar-refractivity contribution in [3.05, 3.63) is 35.6 Å². The number of halogens is 1. The second kappa shape index (κ2) is 6.63. The minimum absolute atomic E-state index is 0.0366. The number of carbonyl (C=O) groups is 1. The van der Waals surface area contributed by atoms with Crippen molar-refractivity contribution in [2.24, 2.45) is 0 Å². The molecule has 1 aromatic rings. The lowest BCUT2D eigenvalue weighted by Crippen LogP contribution is -2.42. The van der Waals surface area contributed by atoms with Gasteiger partial charge < -0.3 is 15.2 Å². The van der Waals surface area contributed by atoms with E-state index in [-0.39, 0.29) is 18.3 Å². The van der Waals surface area contributed by atoms with Gasteiger partial charge in [-0.15, -0.1) is 0 Å². The highest BCUT2D eigenvalue weighted by Gasteiger charge is 2.25. The molecule has 0 bridgehead atoms. The van der Waals surface area contributed by atoms with Gasteiger partial charge in [0.15, 0.2) is 0 Å². The Kier molecular flexibility index (Phi) is 5.44. The molecular weight excluding hydrogens is 249 g/mol. The van der Waals surface area contributed by atoms with E-state index in [1.165, 1.54) is 24.3 Å². The van der Waals surface area contributed by atoms with Gasteiger partial charge in [0.1, 0.15) is 17.5 Å². The molecule has 5 heteroatoms. The third kappa shape index (κ3) is 4.61. The summed E-state index contributed by atoms with van der Waals surface area (Å²) in [6.07, 6.45) is -0.561. The fourth-order valence-corrected chi connectivity index (χ4v) is 1.64. The molecule has 1 aromatic carbocycles. The zero-order valence-electron chi connectivity index (χ0n) is 11.4. The summed E-state index contributed by atoms with van der Waals surface area (Å²) < 4.78 is 18.0. The number of carbonyl (C=O) groups excluding carboxylic acids is 1. The number of hydrogen-bond donors (Lipinski definition) is 2. The topological polar surface area (TPSA) is 58.6 Å². The third-order valence-electron chi connectivity index (χ3n) is 2.86. The molecule has 4 nitrogen and oxygen atoms in total. The molecule has 0 saturated heterocycles. The molecule has 106 valence electrons. The number of benzene rings is 1. The molecule has 0 spiro atoms. The first-order chi connectivity index (χ1) is 8.86. The van der Waals surface area contributed by atoms with Crippen molar-refractivity contribution in [2.45, 2.75) is 32.5 Å². The van der Waals surface area contributed by atoms with Gasteiger partial charge in [0.25, 0.3) is 0 Å². The van der Waals surface area contributed by atoms with E-state index in [1.54, 1.807) is 20.8 Å². The fraction of sp³-hybridized carbons (Fsp3) is 0.500. The summed E-state index contributed by atoms with van der Waals surface area (Å²) in [4.78, 5) is 11.7. The largest absolute Gasteiger partial charge is 0.384 e. The Balaban J connectivity index is 2.60. The average molecular weight is 269 g/mol. The molecular formula is C14H20FNO3. The highest BCUT2D eigenvalue weighted by atomic mass is 19.1. The van der Waals surface area contributed by atoms with Gasteiger partial charge in [-0.25, -0.2) is 4.39 Å². The van der Waals surface area contributed by atoms with Crippen molar-refractivity contribution in [1.82, 2.24) is 5.32 Å². The maximum Gasteiger partial charge on any atom is 0.248 e. The Bertz CT molecular complexity index is 417. The third-order valence-corrected chi connectivity index (χ3v) is 2.86. The molecule has 0 radical (unpaired) electrons. The van der Waals surface area contributed by atoms with Gasteiger partial charge in [0, 0.05) is 6.61 Å². The number of hydrogen-bond acceptors (Lipinski definition) is 3. The summed E-state index contributed by atoms with van der Waals surface area (Å²) in [5, 5.41) is 12.9. The van der Waals surface area contributed by atoms with Gasteiger partial charge in [-0.3, -0.25) is 4.79 Å². The molecule has 2 N–H and O–H groups in total. The molecule has 1 rings (SSSR count). The van der Waals surface area contributed by atoms with E-state index in [9.17, 15) is 14.3 Å². The lowest BCUT2D eigenvalue weighted by atomic mass is 9.96. The van der Waals surface area contributed by atoms with Crippen molar-refractivity contribution in [3.8, 4) is 0 Å². The monoisotopic (exact) mass is 269 g/mol. The van der Waals surface area contributed by atoms with Crippen molar-refractivity contribution in [2.75, 3.05) is 13.2 Å². The van der Waals surface area contributed by atoms with Gasteiger partial charge in [-0.2, -0.15) is 0 Å². The average Bonchev–Trinajstić information content (AvgIpc) is 2.37. The SMILES string of the molecule is CCOC(C)C(=O)NCC(C)(O)c1ccc(F)cc1. The molecule has 0 heterocycles. The summed E-state index contributed by atoms with van der Waals surface area (Å²) >= 11 is 0. The normalized spacial score (nSPS) is 15.6. The second-order valence-electron chi connectivity index (χ2n) is 4.60. The molecule has 0 aliphatic heterocycles. The predicted molar refractivity (Wildman–Crippen MR) is 70.1 cm³/mol. The summed E-state index contributed by atoms with van der Waals surface area (Å²) in [6, 6.07) is 5.53. The maximum atomic E-state index is 12.8. The van der Waals surface area contributed by atoms with Crippen LogP contribution < -0.4 is 5.32 Å². The van der Waals surface area contributed by atoms with Crippen LogP contribution in [-0.2, 0) is 15.1 Å². The van der Waals surface area contributed by atoms with Crippen molar-refractivity contribution in [1.29, 1.82) is 0 Å². The first-order valence-electron chi connectivity index (χ1n) is 6.24. The molecule has 2 atom stereocenters. The minimum Gasteiger partial charge on any atom is -0.384 e. The molecule has 0 aliphatic rings. The number of ether oxygens (including phenoxy) is 1. The van der Waals surface area contributed by atoms with Crippen LogP contribution in [0.4, 0.5) is 4.39 Å². The van der Waals surface area contributed by atoms with E-state index in [1.807, 2.05) is 0 Å². The van der Waals surface area contributed by atoms with Crippen LogP contribution in [0.5, 0.6) is 0 Å². The first-order valence-corrected chi connectivity index (χ1v) is 6.24. The number of aliphatic hydroxyl groups is 1. The van der Waals surface area contributed by atoms with Crippen molar-refractivity contribution in [3.63, 3.8) is 0 Å². The molecule has 2 unspecified atom stereocenters. The maximum absolute atomic E-state index is 12.8. The fourth-order valence-electron chi connectivity index (χ4n) is 1.64. The highest BCUT2D eigenvalue weighted by Crippen LogP contribution is 2.19. The Labute approximate surface area is 112 Å². The molecule has 1 amide bonds. The number of nitrogens with one attached hydrogen (secondary N) is 1. The van der Waals surface area contributed by atoms with Gasteiger partial charge in [0.2, 0.25) is 5.91 Å². The van der Waals surface area contributed by atoms with Crippen LogP contribution in [0, 0.1) is 5.82 Å². The second-order valence-corrected chi connectivity index (χ2v) is 4.60. The van der Waals surface area contributed by atoms with E-state index in [2.05, 4.69) is 5.32 Å². The Morgan fingerprint density at radius 1 is 1.47 bits per heavy atom. The highest BCUT2D eigenvalue weighted by molar-refractivity contribution is 5.80. The van der Waals surface area contributed by atoms with E-state index in [0.29, 0.717) is 12.2 Å². The van der Waals surface area contributed by atoms with E-state index in [0.717, 1.165) is 0 Å². The van der Waals surface area contributed by atoms with Gasteiger partial charge in [-0.1, -0.05) is 12.1 Å². The Hall–Kier alpha value is -1.46. The van der Waals surface area contributed by atoms with E-state index < -0.39 is 11.7 Å². The van der Waals surface area contributed by atoms with Crippen molar-refractivity contribution < 1.29 is 19.0 Å². The van der Waals surface area contributed by atoms with Gasteiger partial charge in [0.05, 0.1) is 6.54 Å². The van der Waals surface area contributed by atoms with Crippen LogP contribution in [0.1, 0.15) is 26.3 Å². The lowest BCUT2D eigenvalue weighted by Gasteiger charge is -2.25. The van der Waals surface area contributed by atoms with Crippen LogP contribution in [0.2, 0.25) is 0 Å². The molecule has 0 fully saturated rings. The Morgan fingerprint density at radius 3 is 2.58 bits per heavy atom. The summed E-state index contributed by atoms with van der Waals surface area (Å²) in [5.74, 6) is -0.655. The zero-order chi connectivity index (χ0) is 14.5. The van der Waals surface area contributed by atoms with Crippen molar-refractivity contribution >= 4 is 5.91 Å². The van der Waals surface area contributed by atoms with E-state index >= 15 is 0 Å². The predicted octanol–water partition coefficient (Wildman–Crippen LogP) is 1.57. The lowest BCUT2D eigenvalue weighted by molar-refractivity contribution is -0.132. The smallest absolute Gasteiger partial charge is 0.248 e. The number of rotatable bonds is 6. The first kappa shape index (κ1) is 15.6. The van der Waals surface area contributed by atoms with Crippen LogP contribution in [0.15, 0.2) is 24.3 Å². The molecule has 0 saturated carbocycles. The van der Waals surface area contributed by atoms with Crippen LogP contribution in [0.25, 0.3) is 0 Å². The standard InChI is InChI=1S/C14H20FNO3/c1-4-19-10(2)13(17)16-9-14(3,18)11-5-7-12(15)8-6-11/h5-8,10,18H,4,9H2,1-3H3,(H,16,17). The number of amides is 1. The van der Waals surface area contributed by atoms with Crippen LogP contribution in [-0.4, -0.2) is 30.3 Å². The van der Waals surface area contributed by atoms with Gasteiger partial charge in [-0.05, 0) is 38.5 Å². The summed E-state index contributed by atoms with van der Waals surface area (Å²) in [7, 11) is 0. The quantitative estimate of drug-likeness (QED) is 0.824. The van der Waals surface area contributed by atoms with Crippen LogP contribution >= 0.6 is 0 Å². The molecule has 19 heavy (non-hydrogen) atoms. The molecule has 0 aromatic heterocycles. The minimum atomic E-state index is -1.25. The Morgan fingerprint density at radius 2 is 2.05 bits per heavy atom. The molecule has 0 aliphatic carbocycles. The van der Waals surface area contributed by atoms with Gasteiger partial charge >= 0.3 is 0 Å². The summed E-state index contributed by atoms with van der Waals surface area (Å²) in [5.41, 5.74) is -0.715. The summed E-state index contributed by atoms with van der Waals surface area (Å²) in [6.45, 7) is 5.49. The van der Waals surface area contributed by atoms with E-state index in [4.69, 9.17) is 4.74 Å². The zero-order valence-corrected chi connectivity index (χ0v) is 11.4.